The average Bonchev–Trinajstić information content (AvgIpc) is 3.74. The third-order valence-corrected chi connectivity index (χ3v) is 10.1. The minimum atomic E-state index is 0.594. The van der Waals surface area contributed by atoms with E-state index in [9.17, 15) is 5.26 Å². The van der Waals surface area contributed by atoms with E-state index in [0.717, 1.165) is 67.1 Å². The van der Waals surface area contributed by atoms with Gasteiger partial charge >= 0.3 is 0 Å². The lowest BCUT2D eigenvalue weighted by molar-refractivity contribution is 1.17. The third kappa shape index (κ3) is 4.72. The van der Waals surface area contributed by atoms with Crippen LogP contribution in [0.1, 0.15) is 5.56 Å². The molecule has 4 heteroatoms. The van der Waals surface area contributed by atoms with Crippen LogP contribution in [0, 0.1) is 11.3 Å². The quantitative estimate of drug-likeness (QED) is 0.184. The Morgan fingerprint density at radius 2 is 0.962 bits per heavy atom. The highest BCUT2D eigenvalue weighted by Crippen LogP contribution is 2.42. The number of pyridine rings is 1. The summed E-state index contributed by atoms with van der Waals surface area (Å²) in [6.45, 7) is 0. The fraction of sp³-hybridized carbons (Fsp3) is 0. The van der Waals surface area contributed by atoms with Crippen molar-refractivity contribution in [3.63, 3.8) is 0 Å². The Balaban J connectivity index is 1.29. The second kappa shape index (κ2) is 12.0. The van der Waals surface area contributed by atoms with E-state index in [1.165, 1.54) is 21.5 Å². The van der Waals surface area contributed by atoms with Crippen LogP contribution in [0.5, 0.6) is 0 Å². The standard InChI is InChI=1S/C48H30N4/c49-31-32-26-35(36-29-42(33-14-4-1-5-15-33)50-43(30-36)34-16-6-2-7-17-34)28-38(27-32)52-44-22-12-10-20-39(44)40-24-25-46-47(48(40)52)41-21-11-13-23-45(41)51(46)37-18-8-3-9-19-37/h1-30H. The minimum Gasteiger partial charge on any atom is -0.309 e. The molecule has 10 aromatic rings. The highest BCUT2D eigenvalue weighted by molar-refractivity contribution is 6.26. The van der Waals surface area contributed by atoms with E-state index in [1.807, 2.05) is 48.5 Å². The fourth-order valence-electron chi connectivity index (χ4n) is 7.81. The molecule has 10 rings (SSSR count). The van der Waals surface area contributed by atoms with Crippen molar-refractivity contribution >= 4 is 43.6 Å². The Bertz CT molecular complexity index is 2940. The van der Waals surface area contributed by atoms with Gasteiger partial charge in [-0.3, -0.25) is 0 Å². The zero-order chi connectivity index (χ0) is 34.6. The van der Waals surface area contributed by atoms with Gasteiger partial charge in [-0.05, 0) is 71.8 Å². The molecule has 242 valence electrons. The van der Waals surface area contributed by atoms with Gasteiger partial charge < -0.3 is 9.13 Å². The molecule has 0 bridgehead atoms. The van der Waals surface area contributed by atoms with Gasteiger partial charge in [-0.25, -0.2) is 4.98 Å². The second-order valence-corrected chi connectivity index (χ2v) is 13.1. The predicted octanol–water partition coefficient (Wildman–Crippen LogP) is 12.1. The topological polar surface area (TPSA) is 46.5 Å². The van der Waals surface area contributed by atoms with Gasteiger partial charge in [-0.1, -0.05) is 121 Å². The molecule has 0 amide bonds. The van der Waals surface area contributed by atoms with Crippen molar-refractivity contribution < 1.29 is 0 Å². The van der Waals surface area contributed by atoms with Gasteiger partial charge in [0.15, 0.2) is 0 Å². The first-order valence-electron chi connectivity index (χ1n) is 17.4. The van der Waals surface area contributed by atoms with Crippen molar-refractivity contribution in [3.8, 4) is 51.1 Å². The number of rotatable bonds is 5. The third-order valence-electron chi connectivity index (χ3n) is 10.1. The molecule has 0 unspecified atom stereocenters. The SMILES string of the molecule is N#Cc1cc(-c2cc(-c3ccccc3)nc(-c3ccccc3)c2)cc(-n2c3ccccc3c3ccc4c(c5ccccc5n4-c4ccccc4)c32)c1. The summed E-state index contributed by atoms with van der Waals surface area (Å²) in [5, 5.41) is 15.2. The second-order valence-electron chi connectivity index (χ2n) is 13.1. The summed E-state index contributed by atoms with van der Waals surface area (Å²) in [4.78, 5) is 5.11. The molecule has 0 aliphatic carbocycles. The molecule has 3 aromatic heterocycles. The normalized spacial score (nSPS) is 11.4. The summed E-state index contributed by atoms with van der Waals surface area (Å²) in [6.07, 6.45) is 0. The number of hydrogen-bond donors (Lipinski definition) is 0. The van der Waals surface area contributed by atoms with Crippen LogP contribution in [-0.4, -0.2) is 14.1 Å². The molecule has 0 fully saturated rings. The van der Waals surface area contributed by atoms with Gasteiger partial charge in [0, 0.05) is 44.0 Å². The van der Waals surface area contributed by atoms with Gasteiger partial charge in [0.05, 0.1) is 45.1 Å². The van der Waals surface area contributed by atoms with Crippen molar-refractivity contribution in [2.45, 2.75) is 0 Å². The van der Waals surface area contributed by atoms with Crippen LogP contribution in [-0.2, 0) is 0 Å². The number of benzene rings is 7. The summed E-state index contributed by atoms with van der Waals surface area (Å²) in [6, 6.07) is 65.9. The highest BCUT2D eigenvalue weighted by Gasteiger charge is 2.21. The monoisotopic (exact) mass is 662 g/mol. The van der Waals surface area contributed by atoms with Gasteiger partial charge in [-0.15, -0.1) is 0 Å². The maximum absolute atomic E-state index is 10.5. The summed E-state index contributed by atoms with van der Waals surface area (Å²) >= 11 is 0. The van der Waals surface area contributed by atoms with E-state index in [2.05, 4.69) is 149 Å². The molecule has 0 atom stereocenters. The largest absolute Gasteiger partial charge is 0.309 e. The summed E-state index contributed by atoms with van der Waals surface area (Å²) in [5.74, 6) is 0. The van der Waals surface area contributed by atoms with Crippen LogP contribution in [0.3, 0.4) is 0 Å². The molecular weight excluding hydrogens is 633 g/mol. The van der Waals surface area contributed by atoms with Crippen molar-refractivity contribution in [1.82, 2.24) is 14.1 Å². The number of aromatic nitrogens is 3. The maximum atomic E-state index is 10.5. The molecule has 0 radical (unpaired) electrons. The van der Waals surface area contributed by atoms with Gasteiger partial charge in [0.2, 0.25) is 0 Å². The van der Waals surface area contributed by atoms with Crippen LogP contribution in [0.15, 0.2) is 182 Å². The molecule has 0 saturated carbocycles. The first kappa shape index (κ1) is 29.7. The van der Waals surface area contributed by atoms with Crippen LogP contribution in [0.4, 0.5) is 0 Å². The van der Waals surface area contributed by atoms with E-state index < -0.39 is 0 Å². The fourth-order valence-corrected chi connectivity index (χ4v) is 7.81. The van der Waals surface area contributed by atoms with Crippen molar-refractivity contribution in [2.75, 3.05) is 0 Å². The smallest absolute Gasteiger partial charge is 0.0992 e. The molecule has 0 saturated heterocycles. The molecule has 0 spiro atoms. The van der Waals surface area contributed by atoms with Gasteiger partial charge in [-0.2, -0.15) is 5.26 Å². The lowest BCUT2D eigenvalue weighted by Gasteiger charge is -2.14. The number of nitrogens with zero attached hydrogens (tertiary/aromatic N) is 4. The van der Waals surface area contributed by atoms with Crippen LogP contribution in [0.25, 0.3) is 88.6 Å². The van der Waals surface area contributed by atoms with E-state index in [-0.39, 0.29) is 0 Å². The summed E-state index contributed by atoms with van der Waals surface area (Å²) in [7, 11) is 0. The van der Waals surface area contributed by atoms with Crippen molar-refractivity contribution in [2.24, 2.45) is 0 Å². The average molecular weight is 663 g/mol. The first-order valence-corrected chi connectivity index (χ1v) is 17.4. The number of hydrogen-bond acceptors (Lipinski definition) is 2. The first-order chi connectivity index (χ1) is 25.7. The van der Waals surface area contributed by atoms with Crippen LogP contribution >= 0.6 is 0 Å². The Labute approximate surface area is 300 Å². The summed E-state index contributed by atoms with van der Waals surface area (Å²) < 4.78 is 4.72. The molecule has 0 aliphatic rings. The minimum absolute atomic E-state index is 0.594. The zero-order valence-electron chi connectivity index (χ0n) is 28.1. The molecular formula is C48H30N4. The Morgan fingerprint density at radius 1 is 0.404 bits per heavy atom. The maximum Gasteiger partial charge on any atom is 0.0992 e. The lowest BCUT2D eigenvalue weighted by atomic mass is 9.98. The number of para-hydroxylation sites is 3. The highest BCUT2D eigenvalue weighted by atomic mass is 15.0. The Morgan fingerprint density at radius 3 is 1.62 bits per heavy atom. The summed E-state index contributed by atoms with van der Waals surface area (Å²) in [5.41, 5.74) is 12.9. The molecule has 0 N–H and O–H groups in total. The van der Waals surface area contributed by atoms with Gasteiger partial charge in [0.25, 0.3) is 0 Å². The van der Waals surface area contributed by atoms with E-state index in [0.29, 0.717) is 5.56 Å². The van der Waals surface area contributed by atoms with E-state index in [4.69, 9.17) is 4.98 Å². The van der Waals surface area contributed by atoms with Crippen LogP contribution < -0.4 is 0 Å². The zero-order valence-corrected chi connectivity index (χ0v) is 28.1. The van der Waals surface area contributed by atoms with Crippen LogP contribution in [0.2, 0.25) is 0 Å². The van der Waals surface area contributed by atoms with Crippen molar-refractivity contribution in [1.29, 1.82) is 5.26 Å². The molecule has 0 aliphatic heterocycles. The lowest BCUT2D eigenvalue weighted by Crippen LogP contribution is -1.97. The number of nitriles is 1. The molecule has 52 heavy (non-hydrogen) atoms. The van der Waals surface area contributed by atoms with E-state index >= 15 is 0 Å². The Kier molecular flexibility index (Phi) is 6.84. The van der Waals surface area contributed by atoms with Gasteiger partial charge in [0.1, 0.15) is 0 Å². The Hall–Kier alpha value is -7.22. The molecule has 3 heterocycles. The van der Waals surface area contributed by atoms with E-state index in [1.54, 1.807) is 0 Å². The number of fused-ring (bicyclic) bond motifs is 7. The van der Waals surface area contributed by atoms with Crippen molar-refractivity contribution in [3.05, 3.63) is 188 Å². The molecule has 4 nitrogen and oxygen atoms in total. The predicted molar refractivity (Wildman–Crippen MR) is 214 cm³/mol. The molecule has 7 aromatic carbocycles.